The summed E-state index contributed by atoms with van der Waals surface area (Å²) < 4.78 is 11.2. The number of hydrogen-bond acceptors (Lipinski definition) is 5. The van der Waals surface area contributed by atoms with Gasteiger partial charge in [0.2, 0.25) is 0 Å². The fourth-order valence-electron chi connectivity index (χ4n) is 5.23. The lowest BCUT2D eigenvalue weighted by Gasteiger charge is -2.45. The minimum atomic E-state index is 0.100. The number of methoxy groups -OCH3 is 2. The van der Waals surface area contributed by atoms with Crippen LogP contribution in [0.2, 0.25) is 5.02 Å². The van der Waals surface area contributed by atoms with Gasteiger partial charge in [0.25, 0.3) is 0 Å². The summed E-state index contributed by atoms with van der Waals surface area (Å²) in [6, 6.07) is 15.0. The van der Waals surface area contributed by atoms with Crippen molar-refractivity contribution in [1.82, 2.24) is 4.90 Å². The molecule has 1 heterocycles. The molecule has 33 heavy (non-hydrogen) atoms. The highest BCUT2D eigenvalue weighted by Crippen LogP contribution is 2.54. The smallest absolute Gasteiger partial charge is 0.161 e. The first kappa shape index (κ1) is 25.1. The summed E-state index contributed by atoms with van der Waals surface area (Å²) in [7, 11) is 5.72. The zero-order chi connectivity index (χ0) is 23.3. The Morgan fingerprint density at radius 2 is 1.58 bits per heavy atom. The van der Waals surface area contributed by atoms with E-state index in [1.807, 2.05) is 12.1 Å². The Balaban J connectivity index is 1.41. The van der Waals surface area contributed by atoms with Gasteiger partial charge in [0.1, 0.15) is 0 Å². The highest BCUT2D eigenvalue weighted by Gasteiger charge is 2.40. The van der Waals surface area contributed by atoms with E-state index in [2.05, 4.69) is 65.8 Å². The van der Waals surface area contributed by atoms with Gasteiger partial charge in [0.15, 0.2) is 11.5 Å². The number of thioether (sulfide) groups is 2. The van der Waals surface area contributed by atoms with Gasteiger partial charge >= 0.3 is 0 Å². The van der Waals surface area contributed by atoms with Gasteiger partial charge in [-0.15, -0.1) is 23.5 Å². The average Bonchev–Trinajstić information content (AvgIpc) is 2.82. The van der Waals surface area contributed by atoms with Crippen LogP contribution in [0.4, 0.5) is 0 Å². The molecule has 0 aromatic heterocycles. The molecule has 0 spiro atoms. The summed E-state index contributed by atoms with van der Waals surface area (Å²) in [5.41, 5.74) is 3.11. The summed E-state index contributed by atoms with van der Waals surface area (Å²) in [5, 5.41) is 0.824. The van der Waals surface area contributed by atoms with E-state index < -0.39 is 0 Å². The first-order valence-corrected chi connectivity index (χ1v) is 14.3. The zero-order valence-electron chi connectivity index (χ0n) is 20.1. The van der Waals surface area contributed by atoms with Crippen LogP contribution in [0.15, 0.2) is 42.5 Å². The molecule has 0 radical (unpaired) electrons. The Morgan fingerprint density at radius 1 is 0.909 bits per heavy atom. The van der Waals surface area contributed by atoms with E-state index in [-0.39, 0.29) is 4.08 Å². The first-order chi connectivity index (χ1) is 16.0. The van der Waals surface area contributed by atoms with Crippen LogP contribution >= 0.6 is 35.1 Å². The predicted octanol–water partition coefficient (Wildman–Crippen LogP) is 7.21. The summed E-state index contributed by atoms with van der Waals surface area (Å²) in [4.78, 5) is 2.55. The average molecular weight is 506 g/mol. The Morgan fingerprint density at radius 3 is 2.18 bits per heavy atom. The molecule has 6 heteroatoms. The van der Waals surface area contributed by atoms with E-state index in [4.69, 9.17) is 21.1 Å². The molecule has 2 aromatic rings. The van der Waals surface area contributed by atoms with Gasteiger partial charge < -0.3 is 14.4 Å². The number of halogens is 1. The molecule has 1 aliphatic heterocycles. The lowest BCUT2D eigenvalue weighted by molar-refractivity contribution is 0.158. The second kappa shape index (κ2) is 11.2. The molecule has 4 rings (SSSR count). The number of likely N-dealkylation sites (N-methyl/N-ethyl adjacent to an activating group) is 1. The SMILES string of the molecule is COc1ccc(C2(CCCN(C)CC3(c4ccc(Cl)cc4)CCC3)SCCCS2)cc1OC. The van der Waals surface area contributed by atoms with Crippen molar-refractivity contribution < 1.29 is 9.47 Å². The molecule has 2 aromatic carbocycles. The quantitative estimate of drug-likeness (QED) is 0.339. The summed E-state index contributed by atoms with van der Waals surface area (Å²) in [5.74, 6) is 4.07. The standard InChI is InChI=1S/C27H36ClNO2S2/c1-29(20-26(13-4-14-26)21-7-10-23(28)11-8-21)16-5-15-27(32-17-6-18-33-27)22-9-12-24(30-2)25(19-22)31-3/h7-12,19H,4-6,13-18,20H2,1-3H3. The summed E-state index contributed by atoms with van der Waals surface area (Å²) >= 11 is 10.4. The molecule has 180 valence electrons. The number of ether oxygens (including phenoxy) is 2. The van der Waals surface area contributed by atoms with Crippen molar-refractivity contribution in [3.63, 3.8) is 0 Å². The highest BCUT2D eigenvalue weighted by atomic mass is 35.5. The predicted molar refractivity (Wildman–Crippen MR) is 144 cm³/mol. The first-order valence-electron chi connectivity index (χ1n) is 12.0. The van der Waals surface area contributed by atoms with Crippen molar-refractivity contribution in [3.05, 3.63) is 58.6 Å². The minimum absolute atomic E-state index is 0.100. The fourth-order valence-corrected chi connectivity index (χ4v) is 8.77. The van der Waals surface area contributed by atoms with E-state index >= 15 is 0 Å². The molecule has 2 fully saturated rings. The molecule has 0 bridgehead atoms. The van der Waals surface area contributed by atoms with E-state index in [0.29, 0.717) is 5.41 Å². The fraction of sp³-hybridized carbons (Fsp3) is 0.556. The minimum Gasteiger partial charge on any atom is -0.493 e. The third-order valence-electron chi connectivity index (χ3n) is 7.17. The Bertz CT molecular complexity index is 911. The molecule has 0 N–H and O–H groups in total. The van der Waals surface area contributed by atoms with Crippen LogP contribution in [-0.4, -0.2) is 50.8 Å². The Labute approximate surface area is 212 Å². The Kier molecular flexibility index (Phi) is 8.48. The summed E-state index contributed by atoms with van der Waals surface area (Å²) in [6.45, 7) is 2.24. The number of rotatable bonds is 10. The van der Waals surface area contributed by atoms with E-state index in [1.165, 1.54) is 54.7 Å². The zero-order valence-corrected chi connectivity index (χ0v) is 22.5. The van der Waals surface area contributed by atoms with Crippen LogP contribution in [-0.2, 0) is 9.49 Å². The van der Waals surface area contributed by atoms with Gasteiger partial charge in [0.05, 0.1) is 18.3 Å². The maximum atomic E-state index is 6.14. The van der Waals surface area contributed by atoms with Gasteiger partial charge in [-0.25, -0.2) is 0 Å². The van der Waals surface area contributed by atoms with Gasteiger partial charge in [-0.1, -0.05) is 36.2 Å². The van der Waals surface area contributed by atoms with Crippen LogP contribution in [0.5, 0.6) is 11.5 Å². The molecule has 0 unspecified atom stereocenters. The maximum absolute atomic E-state index is 6.14. The third kappa shape index (κ3) is 5.63. The van der Waals surface area contributed by atoms with Crippen LogP contribution in [0.25, 0.3) is 0 Å². The van der Waals surface area contributed by atoms with Gasteiger partial charge in [-0.05, 0) is 92.6 Å². The molecule has 3 nitrogen and oxygen atoms in total. The molecule has 0 amide bonds. The topological polar surface area (TPSA) is 21.7 Å². The van der Waals surface area contributed by atoms with Crippen molar-refractivity contribution >= 4 is 35.1 Å². The lowest BCUT2D eigenvalue weighted by Crippen LogP contribution is -2.44. The van der Waals surface area contributed by atoms with E-state index in [1.54, 1.807) is 14.2 Å². The monoisotopic (exact) mass is 505 g/mol. The molecule has 1 saturated heterocycles. The Hall–Kier alpha value is -1.01. The van der Waals surface area contributed by atoms with Crippen LogP contribution in [0.3, 0.4) is 0 Å². The van der Waals surface area contributed by atoms with Crippen molar-refractivity contribution in [3.8, 4) is 11.5 Å². The van der Waals surface area contributed by atoms with Crippen molar-refractivity contribution in [1.29, 1.82) is 0 Å². The molecule has 1 saturated carbocycles. The van der Waals surface area contributed by atoms with Crippen LogP contribution < -0.4 is 9.47 Å². The molecule has 2 aliphatic rings. The molecule has 1 aliphatic carbocycles. The van der Waals surface area contributed by atoms with Crippen molar-refractivity contribution in [2.24, 2.45) is 0 Å². The maximum Gasteiger partial charge on any atom is 0.161 e. The highest BCUT2D eigenvalue weighted by molar-refractivity contribution is 8.18. The van der Waals surface area contributed by atoms with Gasteiger partial charge in [-0.3, -0.25) is 0 Å². The lowest BCUT2D eigenvalue weighted by atomic mass is 9.64. The van der Waals surface area contributed by atoms with Gasteiger partial charge in [-0.2, -0.15) is 0 Å². The molecular formula is C27H36ClNO2S2. The largest absolute Gasteiger partial charge is 0.493 e. The number of benzene rings is 2. The number of hydrogen-bond donors (Lipinski definition) is 0. The van der Waals surface area contributed by atoms with Crippen LogP contribution in [0, 0.1) is 0 Å². The summed E-state index contributed by atoms with van der Waals surface area (Å²) in [6.07, 6.45) is 7.51. The van der Waals surface area contributed by atoms with E-state index in [0.717, 1.165) is 36.0 Å². The second-order valence-corrected chi connectivity index (χ2v) is 12.8. The molecular weight excluding hydrogens is 470 g/mol. The van der Waals surface area contributed by atoms with Gasteiger partial charge in [0, 0.05) is 17.0 Å². The molecule has 0 atom stereocenters. The van der Waals surface area contributed by atoms with Crippen LogP contribution in [0.1, 0.15) is 49.7 Å². The van der Waals surface area contributed by atoms with Crippen molar-refractivity contribution in [2.45, 2.75) is 48.0 Å². The van der Waals surface area contributed by atoms with Crippen molar-refractivity contribution in [2.75, 3.05) is 45.9 Å². The third-order valence-corrected chi connectivity index (χ3v) is 10.9. The second-order valence-electron chi connectivity index (χ2n) is 9.36. The van der Waals surface area contributed by atoms with E-state index in [9.17, 15) is 0 Å². The normalized spacial score (nSPS) is 19.2. The number of nitrogens with zero attached hydrogens (tertiary/aromatic N) is 1.